The van der Waals surface area contributed by atoms with E-state index in [1.165, 1.54) is 7.11 Å². The van der Waals surface area contributed by atoms with Gasteiger partial charge in [-0.15, -0.1) is 0 Å². The van der Waals surface area contributed by atoms with Gasteiger partial charge in [-0.05, 0) is 69.5 Å². The molecule has 6 rings (SSSR count). The van der Waals surface area contributed by atoms with Crippen LogP contribution < -0.4 is 19.6 Å². The third kappa shape index (κ3) is 3.55. The van der Waals surface area contributed by atoms with Crippen LogP contribution in [-0.4, -0.2) is 29.8 Å². The van der Waals surface area contributed by atoms with Gasteiger partial charge in [0.15, 0.2) is 28.4 Å². The predicted octanol–water partition coefficient (Wildman–Crippen LogP) is 5.51. The Morgan fingerprint density at radius 3 is 2.67 bits per heavy atom. The van der Waals surface area contributed by atoms with E-state index < -0.39 is 11.9 Å². The van der Waals surface area contributed by atoms with Crippen molar-refractivity contribution in [2.45, 2.75) is 12.6 Å². The summed E-state index contributed by atoms with van der Waals surface area (Å²) in [4.78, 5) is 29.1. The molecule has 0 bridgehead atoms. The number of fused-ring (bicyclic) bond motifs is 3. The summed E-state index contributed by atoms with van der Waals surface area (Å²) in [5.41, 5.74) is 1.61. The number of phenols is 1. The minimum atomic E-state index is -0.789. The van der Waals surface area contributed by atoms with E-state index in [2.05, 4.69) is 31.9 Å². The highest BCUT2D eigenvalue weighted by Crippen LogP contribution is 2.44. The summed E-state index contributed by atoms with van der Waals surface area (Å²) in [5, 5.41) is 10.7. The molecule has 182 valence electrons. The number of halogens is 2. The Kier molecular flexibility index (Phi) is 5.45. The molecule has 36 heavy (non-hydrogen) atoms. The average molecular weight is 615 g/mol. The Morgan fingerprint density at radius 2 is 1.86 bits per heavy atom. The van der Waals surface area contributed by atoms with Crippen molar-refractivity contribution in [3.05, 3.63) is 90.2 Å². The van der Waals surface area contributed by atoms with Crippen molar-refractivity contribution in [1.82, 2.24) is 4.90 Å². The van der Waals surface area contributed by atoms with Gasteiger partial charge in [0.1, 0.15) is 5.58 Å². The van der Waals surface area contributed by atoms with Gasteiger partial charge in [0.05, 0.1) is 28.6 Å². The van der Waals surface area contributed by atoms with Crippen molar-refractivity contribution < 1.29 is 28.5 Å². The van der Waals surface area contributed by atoms with Crippen LogP contribution >= 0.6 is 31.9 Å². The van der Waals surface area contributed by atoms with E-state index >= 15 is 0 Å². The summed E-state index contributed by atoms with van der Waals surface area (Å²) in [6, 6.07) is 13.0. The van der Waals surface area contributed by atoms with Gasteiger partial charge in [0.2, 0.25) is 12.6 Å². The largest absolute Gasteiger partial charge is 0.503 e. The monoisotopic (exact) mass is 613 g/mol. The molecule has 2 aliphatic rings. The van der Waals surface area contributed by atoms with Gasteiger partial charge in [-0.1, -0.05) is 22.0 Å². The van der Waals surface area contributed by atoms with Crippen LogP contribution in [-0.2, 0) is 6.54 Å². The maximum absolute atomic E-state index is 13.8. The predicted molar refractivity (Wildman–Crippen MR) is 137 cm³/mol. The zero-order valence-corrected chi connectivity index (χ0v) is 21.9. The molecular weight excluding hydrogens is 598 g/mol. The minimum absolute atomic E-state index is 0.0104. The molecule has 0 aliphatic carbocycles. The van der Waals surface area contributed by atoms with E-state index in [0.29, 0.717) is 32.5 Å². The molecule has 10 heteroatoms. The van der Waals surface area contributed by atoms with Crippen LogP contribution in [0.2, 0.25) is 0 Å². The van der Waals surface area contributed by atoms with Crippen molar-refractivity contribution in [2.24, 2.45) is 0 Å². The second-order valence-corrected chi connectivity index (χ2v) is 10.2. The Bertz CT molecular complexity index is 1630. The normalized spacial score (nSPS) is 16.0. The molecule has 0 saturated heterocycles. The lowest BCUT2D eigenvalue weighted by Gasteiger charge is -2.26. The number of nitrogens with zero attached hydrogens (tertiary/aromatic N) is 1. The van der Waals surface area contributed by atoms with Crippen LogP contribution in [0.25, 0.3) is 11.0 Å². The van der Waals surface area contributed by atoms with E-state index in [1.807, 2.05) is 12.1 Å². The van der Waals surface area contributed by atoms with E-state index in [1.54, 1.807) is 41.3 Å². The second kappa shape index (κ2) is 8.56. The number of carbonyl (C=O) groups is 1. The number of carbonyl (C=O) groups excluding carboxylic acids is 1. The Labute approximate surface area is 221 Å². The molecule has 0 radical (unpaired) electrons. The molecule has 1 N–H and O–H groups in total. The molecule has 4 aromatic rings. The fourth-order valence-electron chi connectivity index (χ4n) is 4.65. The Balaban J connectivity index is 1.56. The summed E-state index contributed by atoms with van der Waals surface area (Å²) >= 11 is 6.76. The lowest BCUT2D eigenvalue weighted by Crippen LogP contribution is -2.29. The molecule has 3 aromatic carbocycles. The summed E-state index contributed by atoms with van der Waals surface area (Å²) in [6.07, 6.45) is 0. The first-order valence-electron chi connectivity index (χ1n) is 10.9. The first kappa shape index (κ1) is 22.9. The minimum Gasteiger partial charge on any atom is -0.503 e. The lowest BCUT2D eigenvalue weighted by atomic mass is 9.97. The SMILES string of the molecule is COc1cc([C@@H]2c3c(oc4ccc(Br)cc4c3=O)C(=O)N2Cc2ccc3c(c2)OCO3)cc(Br)c1O. The highest BCUT2D eigenvalue weighted by molar-refractivity contribution is 9.10. The molecule has 1 amide bonds. The van der Waals surface area contributed by atoms with E-state index in [0.717, 1.165) is 10.0 Å². The maximum Gasteiger partial charge on any atom is 0.291 e. The van der Waals surface area contributed by atoms with Gasteiger partial charge in [0, 0.05) is 11.0 Å². The number of hydrogen-bond donors (Lipinski definition) is 1. The van der Waals surface area contributed by atoms with Crippen LogP contribution in [0.4, 0.5) is 0 Å². The lowest BCUT2D eigenvalue weighted by molar-refractivity contribution is 0.0714. The molecule has 0 spiro atoms. The van der Waals surface area contributed by atoms with Crippen molar-refractivity contribution in [2.75, 3.05) is 13.9 Å². The molecule has 0 unspecified atom stereocenters. The standard InChI is InChI=1S/C26H17Br2NO7/c1-33-20-8-13(7-16(28)24(20)31)22-21-23(30)15-9-14(27)3-5-17(15)36-25(21)26(32)29(22)10-12-2-4-18-19(6-12)35-11-34-18/h2-9,22,31H,10-11H2,1H3/t22-/m1/s1. The van der Waals surface area contributed by atoms with Gasteiger partial charge in [-0.2, -0.15) is 0 Å². The number of aromatic hydroxyl groups is 1. The smallest absolute Gasteiger partial charge is 0.291 e. The first-order chi connectivity index (χ1) is 17.4. The molecule has 0 fully saturated rings. The summed E-state index contributed by atoms with van der Waals surface area (Å²) < 4.78 is 23.3. The topological polar surface area (TPSA) is 98.4 Å². The first-order valence-corrected chi connectivity index (χ1v) is 12.5. The third-order valence-corrected chi connectivity index (χ3v) is 7.40. The zero-order chi connectivity index (χ0) is 25.1. The second-order valence-electron chi connectivity index (χ2n) is 8.39. The number of methoxy groups -OCH3 is 1. The van der Waals surface area contributed by atoms with E-state index in [9.17, 15) is 14.7 Å². The third-order valence-electron chi connectivity index (χ3n) is 6.30. The number of hydrogen-bond acceptors (Lipinski definition) is 7. The van der Waals surface area contributed by atoms with Crippen LogP contribution in [0.1, 0.15) is 33.3 Å². The van der Waals surface area contributed by atoms with Crippen LogP contribution in [0.3, 0.4) is 0 Å². The quantitative estimate of drug-likeness (QED) is 0.324. The Morgan fingerprint density at radius 1 is 1.06 bits per heavy atom. The Hall–Kier alpha value is -3.50. The fraction of sp³-hybridized carbons (Fsp3) is 0.154. The van der Waals surface area contributed by atoms with Crippen molar-refractivity contribution in [1.29, 1.82) is 0 Å². The van der Waals surface area contributed by atoms with Crippen molar-refractivity contribution in [3.63, 3.8) is 0 Å². The highest BCUT2D eigenvalue weighted by Gasteiger charge is 2.43. The summed E-state index contributed by atoms with van der Waals surface area (Å²) in [5.74, 6) is 0.916. The summed E-state index contributed by atoms with van der Waals surface area (Å²) in [6.45, 7) is 0.308. The van der Waals surface area contributed by atoms with Crippen molar-refractivity contribution in [3.8, 4) is 23.0 Å². The zero-order valence-electron chi connectivity index (χ0n) is 18.7. The van der Waals surface area contributed by atoms with Gasteiger partial charge in [-0.3, -0.25) is 9.59 Å². The van der Waals surface area contributed by atoms with Crippen LogP contribution in [0.15, 0.2) is 66.7 Å². The molecule has 2 aliphatic heterocycles. The molecule has 1 aromatic heterocycles. The number of benzene rings is 3. The van der Waals surface area contributed by atoms with Crippen LogP contribution in [0, 0.1) is 0 Å². The number of amides is 1. The van der Waals surface area contributed by atoms with Crippen LogP contribution in [0.5, 0.6) is 23.0 Å². The van der Waals surface area contributed by atoms with E-state index in [-0.39, 0.29) is 41.6 Å². The van der Waals surface area contributed by atoms with Gasteiger partial charge in [0.25, 0.3) is 5.91 Å². The van der Waals surface area contributed by atoms with E-state index in [4.69, 9.17) is 18.6 Å². The van der Waals surface area contributed by atoms with Gasteiger partial charge < -0.3 is 28.6 Å². The molecule has 0 saturated carbocycles. The molecule has 8 nitrogen and oxygen atoms in total. The highest BCUT2D eigenvalue weighted by atomic mass is 79.9. The molecule has 1 atom stereocenters. The number of rotatable bonds is 4. The maximum atomic E-state index is 13.8. The molecule has 3 heterocycles. The number of phenolic OH excluding ortho intramolecular Hbond substituents is 1. The number of ether oxygens (including phenoxy) is 3. The van der Waals surface area contributed by atoms with Crippen molar-refractivity contribution >= 4 is 48.7 Å². The fourth-order valence-corrected chi connectivity index (χ4v) is 5.47. The molecular formula is C26H17Br2NO7. The van der Waals surface area contributed by atoms with Gasteiger partial charge in [-0.25, -0.2) is 0 Å². The average Bonchev–Trinajstić information content (AvgIpc) is 3.44. The summed E-state index contributed by atoms with van der Waals surface area (Å²) in [7, 11) is 1.43. The van der Waals surface area contributed by atoms with Gasteiger partial charge >= 0.3 is 0 Å².